The molecular weight excluding hydrogens is 534 g/mol. The van der Waals surface area contributed by atoms with Crippen LogP contribution < -0.4 is 15.1 Å². The summed E-state index contributed by atoms with van der Waals surface area (Å²) in [6, 6.07) is 14.1. The smallest absolute Gasteiger partial charge is 0.317 e. The number of aromatic nitrogens is 1. The Hall–Kier alpha value is -2.48. The van der Waals surface area contributed by atoms with Crippen LogP contribution >= 0.6 is 34.8 Å². The highest BCUT2D eigenvalue weighted by molar-refractivity contribution is 6.43. The first-order valence-corrected chi connectivity index (χ1v) is 13.3. The van der Waals surface area contributed by atoms with Crippen LogP contribution in [0, 0.1) is 5.95 Å². The average Bonchev–Trinajstić information content (AvgIpc) is 3.16. The normalized spacial score (nSPS) is 20.3. The standard InChI is InChI=1S/C28H26Cl3FN4O/c29-21-5-3-19(4-6-21)2-1-15-36(27(37)35-17-20-9-12-34-24(32)16-20)18-28(10-13-33-14-11-28)25-23(36)8-7-22(30)26(25)31/h1-9,12,16,33H,10-11,13-15,17-18H2/p+1/b2-1+. The molecule has 1 unspecified atom stereocenters. The van der Waals surface area contributed by atoms with Gasteiger partial charge in [-0.1, -0.05) is 53.0 Å². The Morgan fingerprint density at radius 3 is 2.59 bits per heavy atom. The number of nitrogens with one attached hydrogen (secondary N) is 2. The van der Waals surface area contributed by atoms with Gasteiger partial charge in [-0.2, -0.15) is 4.39 Å². The predicted octanol–water partition coefficient (Wildman–Crippen LogP) is 6.75. The van der Waals surface area contributed by atoms with E-state index in [-0.39, 0.29) is 22.5 Å². The summed E-state index contributed by atoms with van der Waals surface area (Å²) in [5.41, 5.74) is 3.17. The fourth-order valence-corrected chi connectivity index (χ4v) is 6.29. The zero-order chi connectivity index (χ0) is 26.0. The Morgan fingerprint density at radius 2 is 1.86 bits per heavy atom. The molecule has 0 aliphatic carbocycles. The van der Waals surface area contributed by atoms with E-state index in [0.29, 0.717) is 33.7 Å². The maximum absolute atomic E-state index is 14.1. The number of fused-ring (bicyclic) bond motifs is 2. The number of piperidine rings is 1. The number of urea groups is 1. The van der Waals surface area contributed by atoms with Gasteiger partial charge in [-0.25, -0.2) is 14.3 Å². The van der Waals surface area contributed by atoms with Gasteiger partial charge in [-0.3, -0.25) is 0 Å². The summed E-state index contributed by atoms with van der Waals surface area (Å²) in [6.45, 7) is 2.83. The fraction of sp³-hybridized carbons (Fsp3) is 0.286. The van der Waals surface area contributed by atoms with Crippen molar-refractivity contribution >= 4 is 52.6 Å². The minimum Gasteiger partial charge on any atom is -0.317 e. The van der Waals surface area contributed by atoms with Gasteiger partial charge in [0.25, 0.3) is 0 Å². The largest absolute Gasteiger partial charge is 0.422 e. The van der Waals surface area contributed by atoms with E-state index in [1.165, 1.54) is 12.3 Å². The summed E-state index contributed by atoms with van der Waals surface area (Å²) >= 11 is 19.4. The van der Waals surface area contributed by atoms with Gasteiger partial charge < -0.3 is 10.6 Å². The van der Waals surface area contributed by atoms with Crippen molar-refractivity contribution in [3.63, 3.8) is 0 Å². The first-order valence-electron chi connectivity index (χ1n) is 12.2. The monoisotopic (exact) mass is 559 g/mol. The summed E-state index contributed by atoms with van der Waals surface area (Å²) in [7, 11) is 0. The van der Waals surface area contributed by atoms with E-state index < -0.39 is 5.95 Å². The van der Waals surface area contributed by atoms with Crippen LogP contribution in [-0.4, -0.2) is 37.2 Å². The van der Waals surface area contributed by atoms with Crippen LogP contribution in [0.1, 0.15) is 29.5 Å². The van der Waals surface area contributed by atoms with E-state index in [9.17, 15) is 9.18 Å². The van der Waals surface area contributed by atoms with Gasteiger partial charge in [0.2, 0.25) is 5.95 Å². The van der Waals surface area contributed by atoms with Crippen molar-refractivity contribution in [1.29, 1.82) is 0 Å². The van der Waals surface area contributed by atoms with Crippen molar-refractivity contribution in [2.75, 3.05) is 26.2 Å². The summed E-state index contributed by atoms with van der Waals surface area (Å²) in [5.74, 6) is -0.580. The molecule has 37 heavy (non-hydrogen) atoms. The maximum atomic E-state index is 14.1. The van der Waals surface area contributed by atoms with Gasteiger partial charge in [-0.05, 0) is 73.5 Å². The quantitative estimate of drug-likeness (QED) is 0.268. The molecule has 9 heteroatoms. The molecule has 5 rings (SSSR count). The molecule has 2 aromatic carbocycles. The Labute approximate surface area is 230 Å². The zero-order valence-corrected chi connectivity index (χ0v) is 22.4. The Bertz CT molecular complexity index is 1340. The molecular formula is C28H27Cl3FN4O+. The molecule has 5 nitrogen and oxygen atoms in total. The highest BCUT2D eigenvalue weighted by Crippen LogP contribution is 2.54. The van der Waals surface area contributed by atoms with E-state index >= 15 is 0 Å². The SMILES string of the molecule is O=C(NCc1ccnc(F)c1)[N+]1(C/C=C/c2ccc(Cl)cc2)CC2(CCNCC2)c2c1ccc(Cl)c2Cl. The van der Waals surface area contributed by atoms with Crippen LogP contribution in [0.4, 0.5) is 14.9 Å². The third-order valence-corrected chi connectivity index (χ3v) is 8.47. The third-order valence-electron chi connectivity index (χ3n) is 7.42. The molecule has 1 fully saturated rings. The molecule has 2 N–H and O–H groups in total. The van der Waals surface area contributed by atoms with E-state index in [4.69, 9.17) is 34.8 Å². The van der Waals surface area contributed by atoms with Crippen molar-refractivity contribution in [2.24, 2.45) is 0 Å². The summed E-state index contributed by atoms with van der Waals surface area (Å²) in [5, 5.41) is 8.16. The Morgan fingerprint density at radius 1 is 1.11 bits per heavy atom. The number of nitrogens with zero attached hydrogens (tertiary/aromatic N) is 2. The van der Waals surface area contributed by atoms with Crippen LogP contribution in [0.15, 0.2) is 60.8 Å². The average molecular weight is 561 g/mol. The second-order valence-corrected chi connectivity index (χ2v) is 10.9. The lowest BCUT2D eigenvalue weighted by Crippen LogP contribution is -2.60. The molecule has 3 aromatic rings. The molecule has 2 aliphatic heterocycles. The van der Waals surface area contributed by atoms with E-state index in [2.05, 4.69) is 15.6 Å². The highest BCUT2D eigenvalue weighted by atomic mass is 35.5. The lowest BCUT2D eigenvalue weighted by molar-refractivity contribution is 0.189. The van der Waals surface area contributed by atoms with Gasteiger partial charge >= 0.3 is 6.03 Å². The van der Waals surface area contributed by atoms with Crippen molar-refractivity contribution in [1.82, 2.24) is 20.1 Å². The van der Waals surface area contributed by atoms with E-state index in [1.54, 1.807) is 12.1 Å². The third kappa shape index (κ3) is 5.14. The Balaban J connectivity index is 1.54. The Kier molecular flexibility index (Phi) is 7.57. The number of hydrogen-bond donors (Lipinski definition) is 2. The first kappa shape index (κ1) is 26.1. The number of amides is 2. The van der Waals surface area contributed by atoms with Crippen LogP contribution in [0.2, 0.25) is 15.1 Å². The zero-order valence-electron chi connectivity index (χ0n) is 20.1. The van der Waals surface area contributed by atoms with Gasteiger partial charge in [0.05, 0.1) is 15.5 Å². The number of hydrogen-bond acceptors (Lipinski definition) is 3. The number of halogens is 4. The van der Waals surface area contributed by atoms with E-state index in [1.807, 2.05) is 42.5 Å². The number of carbonyl (C=O) groups excluding carboxylic acids is 1. The minimum atomic E-state index is -0.580. The molecule has 1 spiro atoms. The maximum Gasteiger partial charge on any atom is 0.422 e. The van der Waals surface area contributed by atoms with Crippen LogP contribution in [0.3, 0.4) is 0 Å². The predicted molar refractivity (Wildman–Crippen MR) is 149 cm³/mol. The minimum absolute atomic E-state index is 0.0455. The molecule has 3 heterocycles. The number of quaternary nitrogens is 1. The van der Waals surface area contributed by atoms with Crippen LogP contribution in [0.25, 0.3) is 6.08 Å². The van der Waals surface area contributed by atoms with Gasteiger partial charge in [0, 0.05) is 29.4 Å². The summed E-state index contributed by atoms with van der Waals surface area (Å²) < 4.78 is 13.7. The topological polar surface area (TPSA) is 54.0 Å². The molecule has 0 bridgehead atoms. The fourth-order valence-electron chi connectivity index (χ4n) is 5.65. The molecule has 1 aromatic heterocycles. The molecule has 2 aliphatic rings. The number of benzene rings is 2. The molecule has 1 atom stereocenters. The van der Waals surface area contributed by atoms with Gasteiger partial charge in [0.15, 0.2) is 0 Å². The van der Waals surface area contributed by atoms with Gasteiger partial charge in [0.1, 0.15) is 18.8 Å². The van der Waals surface area contributed by atoms with E-state index in [0.717, 1.165) is 42.7 Å². The molecule has 192 valence electrons. The molecule has 0 radical (unpaired) electrons. The van der Waals surface area contributed by atoms with Gasteiger partial charge in [-0.15, -0.1) is 0 Å². The van der Waals surface area contributed by atoms with Crippen LogP contribution in [0.5, 0.6) is 0 Å². The van der Waals surface area contributed by atoms with Crippen molar-refractivity contribution in [3.05, 3.63) is 98.5 Å². The molecule has 1 saturated heterocycles. The lowest BCUT2D eigenvalue weighted by Gasteiger charge is -2.36. The lowest BCUT2D eigenvalue weighted by atomic mass is 9.74. The summed E-state index contributed by atoms with van der Waals surface area (Å²) in [6.07, 6.45) is 7.11. The number of carbonyl (C=O) groups is 1. The molecule has 0 saturated carbocycles. The summed E-state index contributed by atoms with van der Waals surface area (Å²) in [4.78, 5) is 17.7. The molecule has 2 amide bonds. The van der Waals surface area contributed by atoms with Crippen LogP contribution in [-0.2, 0) is 12.0 Å². The number of rotatable bonds is 5. The number of pyridine rings is 1. The second kappa shape index (κ2) is 10.7. The van der Waals surface area contributed by atoms with Crippen molar-refractivity contribution in [2.45, 2.75) is 24.8 Å². The van der Waals surface area contributed by atoms with Crippen molar-refractivity contribution < 1.29 is 9.18 Å². The first-order chi connectivity index (χ1) is 17.8. The second-order valence-electron chi connectivity index (χ2n) is 9.69. The van der Waals surface area contributed by atoms with Crippen molar-refractivity contribution in [3.8, 4) is 0 Å². The highest BCUT2D eigenvalue weighted by Gasteiger charge is 2.58.